The molecule has 0 radical (unpaired) electrons. The molecule has 0 bridgehead atoms. The number of hydrogen-bond acceptors (Lipinski definition) is 6. The summed E-state index contributed by atoms with van der Waals surface area (Å²) in [6.45, 7) is -1.88. The number of phosphoric ester groups is 1. The predicted molar refractivity (Wildman–Crippen MR) is 118 cm³/mol. The largest absolute Gasteiger partial charge is 0.756 e. The summed E-state index contributed by atoms with van der Waals surface area (Å²) < 4.78 is 230. The minimum absolute atomic E-state index is 0.203. The van der Waals surface area contributed by atoms with Gasteiger partial charge in [0.15, 0.2) is 0 Å². The Morgan fingerprint density at radius 3 is 1.47 bits per heavy atom. The van der Waals surface area contributed by atoms with Crippen LogP contribution in [0.2, 0.25) is 0 Å². The van der Waals surface area contributed by atoms with E-state index in [1.165, 1.54) is 0 Å². The van der Waals surface area contributed by atoms with Gasteiger partial charge >= 0.3 is 24.7 Å². The van der Waals surface area contributed by atoms with E-state index in [0.29, 0.717) is 0 Å². The summed E-state index contributed by atoms with van der Waals surface area (Å²) in [5.41, 5.74) is -12.8. The van der Waals surface area contributed by atoms with E-state index in [-0.39, 0.29) is 17.6 Å². The standard InChI is InChI=1S/C19H29F14N2O6PS/c1-35(2,3)7-9-41-42(36,37)40-8-6-34-43(38,39)10-4-5-13(11-14(20,16(22,23)24)17(25,26)27)12-15(21,18(28,29)30)19(31,32)33/h13,34H,4-12H2,1-3H3. The zero-order valence-corrected chi connectivity index (χ0v) is 24.2. The molecule has 0 saturated heterocycles. The molecule has 0 saturated carbocycles. The number of alkyl halides is 14. The third-order valence-electron chi connectivity index (χ3n) is 5.65. The fourth-order valence-electron chi connectivity index (χ4n) is 3.31. The van der Waals surface area contributed by atoms with E-state index in [1.807, 2.05) is 0 Å². The van der Waals surface area contributed by atoms with Gasteiger partial charge in [0.25, 0.3) is 19.2 Å². The molecule has 0 aliphatic rings. The van der Waals surface area contributed by atoms with Crippen molar-refractivity contribution in [3.8, 4) is 0 Å². The number of halogens is 14. The number of likely N-dealkylation sites (N-methyl/N-ethyl adjacent to an activating group) is 1. The van der Waals surface area contributed by atoms with Gasteiger partial charge in [-0.05, 0) is 18.8 Å². The lowest BCUT2D eigenvalue weighted by Crippen LogP contribution is -2.57. The molecule has 0 rings (SSSR count). The second kappa shape index (κ2) is 14.2. The number of phosphoric acid groups is 1. The highest BCUT2D eigenvalue weighted by Gasteiger charge is 2.75. The van der Waals surface area contributed by atoms with Gasteiger partial charge in [-0.25, -0.2) is 21.9 Å². The summed E-state index contributed by atoms with van der Waals surface area (Å²) in [5.74, 6) is -4.68. The van der Waals surface area contributed by atoms with Gasteiger partial charge in [0.05, 0.1) is 33.5 Å². The Labute approximate surface area is 236 Å². The van der Waals surface area contributed by atoms with Crippen LogP contribution in [0, 0.1) is 5.92 Å². The first-order valence-electron chi connectivity index (χ1n) is 11.7. The van der Waals surface area contributed by atoms with E-state index in [0.717, 1.165) is 0 Å². The van der Waals surface area contributed by atoms with E-state index < -0.39 is 104 Å². The number of rotatable bonds is 17. The van der Waals surface area contributed by atoms with Crippen LogP contribution >= 0.6 is 7.82 Å². The van der Waals surface area contributed by atoms with Gasteiger partial charge in [-0.2, -0.15) is 52.7 Å². The molecular weight excluding hydrogens is 681 g/mol. The molecule has 1 unspecified atom stereocenters. The third-order valence-corrected chi connectivity index (χ3v) is 8.12. The van der Waals surface area contributed by atoms with Gasteiger partial charge in [-0.1, -0.05) is 0 Å². The molecule has 1 N–H and O–H groups in total. The van der Waals surface area contributed by atoms with Crippen LogP contribution in [0.25, 0.3) is 0 Å². The van der Waals surface area contributed by atoms with Crippen LogP contribution in [0.15, 0.2) is 0 Å². The molecule has 260 valence electrons. The van der Waals surface area contributed by atoms with Gasteiger partial charge in [-0.3, -0.25) is 4.57 Å². The number of sulfonamides is 1. The number of quaternary nitrogens is 1. The summed E-state index contributed by atoms with van der Waals surface area (Å²) in [6, 6.07) is 0. The van der Waals surface area contributed by atoms with Gasteiger partial charge in [0.2, 0.25) is 10.0 Å². The predicted octanol–water partition coefficient (Wildman–Crippen LogP) is 4.96. The van der Waals surface area contributed by atoms with Crippen molar-refractivity contribution in [2.45, 2.75) is 61.7 Å². The maximum absolute atomic E-state index is 14.2. The average Bonchev–Trinajstić information content (AvgIpc) is 2.72. The fraction of sp³-hybridized carbons (Fsp3) is 1.00. The van der Waals surface area contributed by atoms with E-state index in [2.05, 4.69) is 9.05 Å². The van der Waals surface area contributed by atoms with Crippen LogP contribution in [0.3, 0.4) is 0 Å². The zero-order valence-electron chi connectivity index (χ0n) is 22.5. The SMILES string of the molecule is C[N+](C)(C)CCOP(=O)([O-])OCCNS(=O)(=O)CCCC(CC(F)(C(F)(F)F)C(F)(F)F)CC(F)(C(F)(F)F)C(F)(F)F. The summed E-state index contributed by atoms with van der Waals surface area (Å²) in [6.07, 6.45) is -36.9. The average molecular weight is 710 g/mol. The first-order valence-corrected chi connectivity index (χ1v) is 14.8. The smallest absolute Gasteiger partial charge is 0.431 e. The summed E-state index contributed by atoms with van der Waals surface area (Å²) in [7, 11) is -4.52. The van der Waals surface area contributed by atoms with E-state index in [9.17, 15) is 79.3 Å². The lowest BCUT2D eigenvalue weighted by Gasteiger charge is -2.37. The molecule has 0 aromatic rings. The van der Waals surface area contributed by atoms with Crippen molar-refractivity contribution in [1.82, 2.24) is 4.72 Å². The molecule has 0 aromatic carbocycles. The Hall–Kier alpha value is -1.00. The minimum Gasteiger partial charge on any atom is -0.756 e. The van der Waals surface area contributed by atoms with Gasteiger partial charge in [0, 0.05) is 19.4 Å². The monoisotopic (exact) mass is 710 g/mol. The van der Waals surface area contributed by atoms with Crippen molar-refractivity contribution in [3.05, 3.63) is 0 Å². The molecule has 0 fully saturated rings. The van der Waals surface area contributed by atoms with E-state index in [1.54, 1.807) is 25.9 Å². The Morgan fingerprint density at radius 1 is 0.744 bits per heavy atom. The number of nitrogens with one attached hydrogen (secondary N) is 1. The van der Waals surface area contributed by atoms with Gasteiger partial charge < -0.3 is 18.4 Å². The molecule has 1 atom stereocenters. The molecule has 0 spiro atoms. The van der Waals surface area contributed by atoms with Crippen LogP contribution in [-0.4, -0.2) is 102 Å². The lowest BCUT2D eigenvalue weighted by atomic mass is 9.80. The molecule has 0 aromatic heterocycles. The summed E-state index contributed by atoms with van der Waals surface area (Å²) >= 11 is 0. The summed E-state index contributed by atoms with van der Waals surface area (Å²) in [5, 5.41) is 0. The van der Waals surface area contributed by atoms with Crippen molar-refractivity contribution >= 4 is 17.8 Å². The van der Waals surface area contributed by atoms with E-state index >= 15 is 0 Å². The maximum atomic E-state index is 14.2. The zero-order chi connectivity index (χ0) is 34.6. The quantitative estimate of drug-likeness (QED) is 0.0992. The van der Waals surface area contributed by atoms with Crippen molar-refractivity contribution in [2.75, 3.05) is 53.2 Å². The summed E-state index contributed by atoms with van der Waals surface area (Å²) in [4.78, 5) is 11.6. The highest BCUT2D eigenvalue weighted by atomic mass is 32.2. The van der Waals surface area contributed by atoms with Crippen LogP contribution in [0.5, 0.6) is 0 Å². The molecule has 8 nitrogen and oxygen atoms in total. The van der Waals surface area contributed by atoms with Crippen LogP contribution < -0.4 is 9.62 Å². The Balaban J connectivity index is 5.63. The van der Waals surface area contributed by atoms with Gasteiger partial charge in [-0.15, -0.1) is 0 Å². The molecular formula is C19H29F14N2O6PS. The third kappa shape index (κ3) is 13.1. The lowest BCUT2D eigenvalue weighted by molar-refractivity contribution is -0.870. The molecule has 24 heteroatoms. The van der Waals surface area contributed by atoms with Crippen molar-refractivity contribution < 1.29 is 92.9 Å². The normalized spacial score (nSPS) is 16.5. The molecule has 0 aliphatic heterocycles. The van der Waals surface area contributed by atoms with Gasteiger partial charge in [0.1, 0.15) is 13.2 Å². The van der Waals surface area contributed by atoms with Crippen LogP contribution in [0.1, 0.15) is 25.7 Å². The Kier molecular flexibility index (Phi) is 13.9. The van der Waals surface area contributed by atoms with Crippen molar-refractivity contribution in [2.24, 2.45) is 5.92 Å². The highest BCUT2D eigenvalue weighted by molar-refractivity contribution is 7.89. The molecule has 0 aliphatic carbocycles. The first-order chi connectivity index (χ1) is 18.7. The molecule has 43 heavy (non-hydrogen) atoms. The highest BCUT2D eigenvalue weighted by Crippen LogP contribution is 2.55. The molecule has 0 heterocycles. The van der Waals surface area contributed by atoms with Crippen LogP contribution in [-0.2, 0) is 23.6 Å². The first kappa shape index (κ1) is 42.0. The molecule has 0 amide bonds. The number of nitrogens with zero attached hydrogens (tertiary/aromatic N) is 1. The van der Waals surface area contributed by atoms with Crippen molar-refractivity contribution in [1.29, 1.82) is 0 Å². The van der Waals surface area contributed by atoms with E-state index in [4.69, 9.17) is 0 Å². The maximum Gasteiger partial charge on any atom is 0.431 e. The fourth-order valence-corrected chi connectivity index (χ4v) is 5.09. The number of hydrogen-bond donors (Lipinski definition) is 1. The minimum atomic E-state index is -6.91. The van der Waals surface area contributed by atoms with Crippen molar-refractivity contribution in [3.63, 3.8) is 0 Å². The second-order valence-electron chi connectivity index (χ2n) is 10.4. The topological polar surface area (TPSA) is 105 Å². The Morgan fingerprint density at radius 2 is 1.12 bits per heavy atom. The van der Waals surface area contributed by atoms with Crippen LogP contribution in [0.4, 0.5) is 61.5 Å². The second-order valence-corrected chi connectivity index (χ2v) is 13.7. The Bertz CT molecular complexity index is 973.